The number of aryl methyl sites for hydroxylation is 1. The first-order valence-electron chi connectivity index (χ1n) is 5.79. The van der Waals surface area contributed by atoms with Crippen LogP contribution in [0.15, 0.2) is 12.1 Å². The lowest BCUT2D eigenvalue weighted by Crippen LogP contribution is -2.15. The number of carbonyl (C=O) groups is 2. The molecule has 1 heterocycles. The molecule has 0 fully saturated rings. The summed E-state index contributed by atoms with van der Waals surface area (Å²) < 4.78 is 3.71. The van der Waals surface area contributed by atoms with Crippen LogP contribution in [-0.4, -0.2) is 26.6 Å². The molecule has 0 aliphatic heterocycles. The van der Waals surface area contributed by atoms with Gasteiger partial charge in [-0.15, -0.1) is 5.10 Å². The average molecular weight is 346 g/mol. The number of rotatable bonds is 4. The first-order chi connectivity index (χ1) is 9.93. The molecule has 9 heteroatoms. The average Bonchev–Trinajstić information content (AvgIpc) is 2.89. The van der Waals surface area contributed by atoms with Crippen molar-refractivity contribution in [3.8, 4) is 0 Å². The van der Waals surface area contributed by atoms with Crippen molar-refractivity contribution < 1.29 is 14.7 Å². The van der Waals surface area contributed by atoms with Gasteiger partial charge in [-0.1, -0.05) is 34.6 Å². The third-order valence-electron chi connectivity index (χ3n) is 2.62. The van der Waals surface area contributed by atoms with E-state index in [1.165, 1.54) is 12.1 Å². The van der Waals surface area contributed by atoms with Gasteiger partial charge in [0.15, 0.2) is 0 Å². The van der Waals surface area contributed by atoms with Crippen LogP contribution in [0, 0.1) is 0 Å². The van der Waals surface area contributed by atoms with Crippen molar-refractivity contribution in [2.75, 3.05) is 5.32 Å². The quantitative estimate of drug-likeness (QED) is 0.886. The van der Waals surface area contributed by atoms with E-state index in [0.717, 1.165) is 11.5 Å². The predicted molar refractivity (Wildman–Crippen MR) is 80.7 cm³/mol. The zero-order valence-corrected chi connectivity index (χ0v) is 13.0. The molecule has 1 aromatic carbocycles. The number of carbonyl (C=O) groups excluding carboxylic acids is 1. The van der Waals surface area contributed by atoms with E-state index in [2.05, 4.69) is 14.9 Å². The van der Waals surface area contributed by atoms with Gasteiger partial charge in [-0.2, -0.15) is 0 Å². The number of nitrogens with zero attached hydrogens (tertiary/aromatic N) is 2. The molecule has 0 unspecified atom stereocenters. The van der Waals surface area contributed by atoms with E-state index in [1.807, 2.05) is 6.92 Å². The monoisotopic (exact) mass is 345 g/mol. The van der Waals surface area contributed by atoms with E-state index >= 15 is 0 Å². The number of carboxylic acid groups (broad SMARTS) is 1. The van der Waals surface area contributed by atoms with Gasteiger partial charge in [-0.3, -0.25) is 4.79 Å². The number of anilines is 1. The molecule has 110 valence electrons. The molecular weight excluding hydrogens is 337 g/mol. The van der Waals surface area contributed by atoms with Gasteiger partial charge in [0.1, 0.15) is 4.88 Å². The minimum Gasteiger partial charge on any atom is -0.478 e. The maximum absolute atomic E-state index is 12.2. The molecule has 0 atom stereocenters. The smallest absolute Gasteiger partial charge is 0.337 e. The van der Waals surface area contributed by atoms with Crippen LogP contribution in [0.2, 0.25) is 10.0 Å². The van der Waals surface area contributed by atoms with E-state index in [0.29, 0.717) is 17.0 Å². The Morgan fingerprint density at radius 3 is 2.71 bits per heavy atom. The molecule has 1 amide bonds. The molecule has 6 nitrogen and oxygen atoms in total. The Balaban J connectivity index is 2.40. The second-order valence-electron chi connectivity index (χ2n) is 3.97. The lowest BCUT2D eigenvalue weighted by Gasteiger charge is -2.10. The molecule has 21 heavy (non-hydrogen) atoms. The first kappa shape index (κ1) is 15.7. The number of aromatic carboxylic acids is 1. The van der Waals surface area contributed by atoms with Crippen molar-refractivity contribution in [2.45, 2.75) is 13.3 Å². The summed E-state index contributed by atoms with van der Waals surface area (Å²) in [5, 5.41) is 15.7. The van der Waals surface area contributed by atoms with Gasteiger partial charge >= 0.3 is 5.97 Å². The fourth-order valence-electron chi connectivity index (χ4n) is 1.65. The van der Waals surface area contributed by atoms with Gasteiger partial charge in [-0.05, 0) is 30.1 Å². The van der Waals surface area contributed by atoms with Gasteiger partial charge < -0.3 is 10.4 Å². The molecular formula is C12H9Cl2N3O3S. The van der Waals surface area contributed by atoms with Crippen LogP contribution in [-0.2, 0) is 6.42 Å². The summed E-state index contributed by atoms with van der Waals surface area (Å²) in [4.78, 5) is 23.7. The van der Waals surface area contributed by atoms with Crippen LogP contribution in [0.5, 0.6) is 0 Å². The second kappa shape index (κ2) is 6.38. The molecule has 0 radical (unpaired) electrons. The zero-order chi connectivity index (χ0) is 15.6. The van der Waals surface area contributed by atoms with Crippen LogP contribution in [0.25, 0.3) is 0 Å². The van der Waals surface area contributed by atoms with Gasteiger partial charge in [0, 0.05) is 5.02 Å². The van der Waals surface area contributed by atoms with Crippen molar-refractivity contribution in [2.24, 2.45) is 0 Å². The summed E-state index contributed by atoms with van der Waals surface area (Å²) in [6, 6.07) is 2.58. The minimum atomic E-state index is -1.24. The Hall–Kier alpha value is -1.70. The van der Waals surface area contributed by atoms with Crippen molar-refractivity contribution in [1.29, 1.82) is 0 Å². The zero-order valence-electron chi connectivity index (χ0n) is 10.7. The van der Waals surface area contributed by atoms with Gasteiger partial charge in [0.05, 0.1) is 22.0 Å². The summed E-state index contributed by atoms with van der Waals surface area (Å²) in [6.45, 7) is 1.84. The second-order valence-corrected chi connectivity index (χ2v) is 5.57. The number of aromatic nitrogens is 2. The standard InChI is InChI=1S/C12H9Cl2N3O3S/c1-2-8-10(21-17-16-8)11(18)15-9-6(12(19)20)3-5(13)4-7(9)14/h3-4H,2H2,1H3,(H,15,18)(H,19,20). The minimum absolute atomic E-state index is 0.00554. The largest absolute Gasteiger partial charge is 0.478 e. The van der Waals surface area contributed by atoms with Gasteiger partial charge in [0.2, 0.25) is 0 Å². The van der Waals surface area contributed by atoms with Crippen molar-refractivity contribution in [3.63, 3.8) is 0 Å². The highest BCUT2D eigenvalue weighted by atomic mass is 35.5. The summed E-state index contributed by atoms with van der Waals surface area (Å²) >= 11 is 12.7. The summed E-state index contributed by atoms with van der Waals surface area (Å²) in [5.41, 5.74) is 0.352. The molecule has 2 aromatic rings. The summed E-state index contributed by atoms with van der Waals surface area (Å²) in [7, 11) is 0. The lowest BCUT2D eigenvalue weighted by atomic mass is 10.1. The number of hydrogen-bond acceptors (Lipinski definition) is 5. The molecule has 0 aliphatic rings. The molecule has 2 rings (SSSR count). The Kier molecular flexibility index (Phi) is 4.76. The Labute approximate surface area is 133 Å². The van der Waals surface area contributed by atoms with Crippen LogP contribution in [0.4, 0.5) is 5.69 Å². The SMILES string of the molecule is CCc1nnsc1C(=O)Nc1c(Cl)cc(Cl)cc1C(=O)O. The Morgan fingerprint density at radius 1 is 1.38 bits per heavy atom. The highest BCUT2D eigenvalue weighted by Crippen LogP contribution is 2.31. The number of hydrogen-bond donors (Lipinski definition) is 2. The topological polar surface area (TPSA) is 92.2 Å². The normalized spacial score (nSPS) is 10.4. The maximum Gasteiger partial charge on any atom is 0.337 e. The molecule has 0 spiro atoms. The maximum atomic E-state index is 12.2. The van der Waals surface area contributed by atoms with E-state index in [4.69, 9.17) is 28.3 Å². The summed E-state index contributed by atoms with van der Waals surface area (Å²) in [5.74, 6) is -1.75. The molecule has 0 saturated carbocycles. The molecule has 0 aliphatic carbocycles. The van der Waals surface area contributed by atoms with Crippen molar-refractivity contribution in [1.82, 2.24) is 9.59 Å². The third-order valence-corrected chi connectivity index (χ3v) is 3.90. The fraction of sp³-hybridized carbons (Fsp3) is 0.167. The van der Waals surface area contributed by atoms with Crippen LogP contribution >= 0.6 is 34.7 Å². The highest BCUT2D eigenvalue weighted by molar-refractivity contribution is 7.08. The van der Waals surface area contributed by atoms with E-state index < -0.39 is 11.9 Å². The number of benzene rings is 1. The fourth-order valence-corrected chi connectivity index (χ4v) is 2.84. The van der Waals surface area contributed by atoms with E-state index in [1.54, 1.807) is 0 Å². The number of amides is 1. The van der Waals surface area contributed by atoms with Crippen LogP contribution < -0.4 is 5.32 Å². The third kappa shape index (κ3) is 3.31. The Morgan fingerprint density at radius 2 is 2.10 bits per heavy atom. The predicted octanol–water partition coefficient (Wildman–Crippen LogP) is 3.36. The molecule has 0 bridgehead atoms. The van der Waals surface area contributed by atoms with Crippen molar-refractivity contribution >= 4 is 52.3 Å². The molecule has 1 aromatic heterocycles. The number of carboxylic acids is 1. The first-order valence-corrected chi connectivity index (χ1v) is 7.31. The lowest BCUT2D eigenvalue weighted by molar-refractivity contribution is 0.0698. The van der Waals surface area contributed by atoms with Crippen molar-refractivity contribution in [3.05, 3.63) is 38.3 Å². The number of halogens is 2. The molecule has 0 saturated heterocycles. The van der Waals surface area contributed by atoms with Crippen LogP contribution in [0.3, 0.4) is 0 Å². The van der Waals surface area contributed by atoms with Gasteiger partial charge in [-0.25, -0.2) is 4.79 Å². The Bertz CT molecular complexity index is 718. The number of nitrogens with one attached hydrogen (secondary N) is 1. The summed E-state index contributed by atoms with van der Waals surface area (Å²) in [6.07, 6.45) is 0.541. The van der Waals surface area contributed by atoms with Crippen LogP contribution in [0.1, 0.15) is 32.6 Å². The molecule has 2 N–H and O–H groups in total. The van der Waals surface area contributed by atoms with E-state index in [9.17, 15) is 9.59 Å². The van der Waals surface area contributed by atoms with Gasteiger partial charge in [0.25, 0.3) is 5.91 Å². The highest BCUT2D eigenvalue weighted by Gasteiger charge is 2.21. The van der Waals surface area contributed by atoms with E-state index in [-0.39, 0.29) is 21.3 Å².